The Labute approximate surface area is 168 Å². The van der Waals surface area contributed by atoms with Crippen LogP contribution in [0.2, 0.25) is 0 Å². The Morgan fingerprint density at radius 3 is 2.34 bits per heavy atom. The molecule has 152 valence electrons. The molecule has 0 unspecified atom stereocenters. The maximum atomic E-state index is 13.1. The second-order valence-corrected chi connectivity index (χ2v) is 8.39. The number of rotatable bonds is 6. The lowest BCUT2D eigenvalue weighted by Gasteiger charge is -2.32. The van der Waals surface area contributed by atoms with Crippen LogP contribution in [0.5, 0.6) is 0 Å². The highest BCUT2D eigenvalue weighted by Gasteiger charge is 2.40. The van der Waals surface area contributed by atoms with Crippen LogP contribution in [0, 0.1) is 5.82 Å². The molecule has 6 nitrogen and oxygen atoms in total. The quantitative estimate of drug-likeness (QED) is 0.669. The summed E-state index contributed by atoms with van der Waals surface area (Å²) in [5.74, 6) is -1.98. The highest BCUT2D eigenvalue weighted by Crippen LogP contribution is 2.38. The van der Waals surface area contributed by atoms with E-state index in [-0.39, 0.29) is 34.0 Å². The van der Waals surface area contributed by atoms with Crippen LogP contribution < -0.4 is 0 Å². The van der Waals surface area contributed by atoms with Gasteiger partial charge in [-0.25, -0.2) is 17.6 Å². The third-order valence-electron chi connectivity index (χ3n) is 4.49. The monoisotopic (exact) mass is 417 g/mol. The highest BCUT2D eigenvalue weighted by molar-refractivity contribution is 7.89. The van der Waals surface area contributed by atoms with Crippen molar-refractivity contribution in [2.75, 3.05) is 6.54 Å². The molecule has 0 saturated heterocycles. The first kappa shape index (κ1) is 20.7. The lowest BCUT2D eigenvalue weighted by Crippen LogP contribution is -2.38. The van der Waals surface area contributed by atoms with Crippen molar-refractivity contribution in [1.29, 1.82) is 0 Å². The van der Waals surface area contributed by atoms with Crippen molar-refractivity contribution in [2.24, 2.45) is 0 Å². The van der Waals surface area contributed by atoms with Gasteiger partial charge in [0.15, 0.2) is 11.5 Å². The number of sulfonamides is 1. The third kappa shape index (κ3) is 3.93. The Balaban J connectivity index is 2.16. The first-order valence-electron chi connectivity index (χ1n) is 9.12. The summed E-state index contributed by atoms with van der Waals surface area (Å²) in [5, 5.41) is 0. The molecule has 3 rings (SSSR count). The van der Waals surface area contributed by atoms with Gasteiger partial charge in [0.2, 0.25) is 0 Å². The van der Waals surface area contributed by atoms with Crippen molar-refractivity contribution in [3.05, 3.63) is 71.2 Å². The number of carbonyl (C=O) groups excluding carboxylic acids is 2. The Bertz CT molecular complexity index is 1090. The van der Waals surface area contributed by atoms with Gasteiger partial charge in [-0.3, -0.25) is 9.10 Å². The van der Waals surface area contributed by atoms with E-state index in [0.29, 0.717) is 12.8 Å². The second kappa shape index (κ2) is 8.16. The zero-order valence-corrected chi connectivity index (χ0v) is 16.8. The molecule has 2 aromatic carbocycles. The van der Waals surface area contributed by atoms with Crippen molar-refractivity contribution < 1.29 is 27.1 Å². The van der Waals surface area contributed by atoms with Crippen LogP contribution in [-0.2, 0) is 19.6 Å². The van der Waals surface area contributed by atoms with Gasteiger partial charge in [0, 0.05) is 19.0 Å². The molecular formula is C21H20FNO5S. The summed E-state index contributed by atoms with van der Waals surface area (Å²) in [6, 6.07) is 10.8. The summed E-state index contributed by atoms with van der Waals surface area (Å²) in [7, 11) is -3.97. The number of benzene rings is 2. The Morgan fingerprint density at radius 1 is 1.07 bits per heavy atom. The SMILES string of the molecule is CCCCN1C(C(C)=O)=C(OC(=O)c2ccc(F)cc2)c2ccccc2S1(=O)=O. The van der Waals surface area contributed by atoms with Gasteiger partial charge in [-0.05, 0) is 42.8 Å². The molecule has 1 heterocycles. The normalized spacial score (nSPS) is 15.1. The number of halogens is 1. The van der Waals surface area contributed by atoms with E-state index in [1.807, 2.05) is 6.92 Å². The lowest BCUT2D eigenvalue weighted by molar-refractivity contribution is -0.114. The molecule has 0 fully saturated rings. The lowest BCUT2D eigenvalue weighted by atomic mass is 10.1. The molecule has 8 heteroatoms. The number of hydrogen-bond acceptors (Lipinski definition) is 5. The summed E-state index contributed by atoms with van der Waals surface area (Å²) in [5.41, 5.74) is 0.0290. The van der Waals surface area contributed by atoms with Gasteiger partial charge in [-0.1, -0.05) is 25.5 Å². The van der Waals surface area contributed by atoms with Crippen LogP contribution in [0.4, 0.5) is 4.39 Å². The van der Waals surface area contributed by atoms with Gasteiger partial charge in [-0.15, -0.1) is 0 Å². The summed E-state index contributed by atoms with van der Waals surface area (Å²) in [4.78, 5) is 25.0. The summed E-state index contributed by atoms with van der Waals surface area (Å²) in [6.07, 6.45) is 1.24. The Hall–Kier alpha value is -3.00. The second-order valence-electron chi connectivity index (χ2n) is 6.56. The van der Waals surface area contributed by atoms with Crippen molar-refractivity contribution in [2.45, 2.75) is 31.6 Å². The zero-order valence-electron chi connectivity index (χ0n) is 16.0. The molecule has 0 aliphatic carbocycles. The molecule has 1 aliphatic heterocycles. The van der Waals surface area contributed by atoms with Crippen LogP contribution in [-0.4, -0.2) is 31.0 Å². The topological polar surface area (TPSA) is 80.8 Å². The largest absolute Gasteiger partial charge is 0.420 e. The van der Waals surface area contributed by atoms with E-state index < -0.39 is 27.6 Å². The van der Waals surface area contributed by atoms with Gasteiger partial charge < -0.3 is 4.74 Å². The fourth-order valence-corrected chi connectivity index (χ4v) is 4.82. The molecule has 29 heavy (non-hydrogen) atoms. The van der Waals surface area contributed by atoms with Crippen LogP contribution in [0.15, 0.2) is 59.1 Å². The van der Waals surface area contributed by atoms with Gasteiger partial charge in [0.05, 0.1) is 10.5 Å². The van der Waals surface area contributed by atoms with E-state index in [0.717, 1.165) is 16.4 Å². The van der Waals surface area contributed by atoms with Crippen LogP contribution in [0.25, 0.3) is 5.76 Å². The number of allylic oxidation sites excluding steroid dienone is 1. The van der Waals surface area contributed by atoms with Crippen molar-refractivity contribution in [1.82, 2.24) is 4.31 Å². The number of carbonyl (C=O) groups is 2. The number of Topliss-reactive ketones (excluding diaryl/α,β-unsaturated/α-hetero) is 1. The maximum absolute atomic E-state index is 13.1. The standard InChI is InChI=1S/C21H20FNO5S/c1-3-4-13-23-19(14(2)24)20(17-7-5-6-8-18(17)29(23,26)27)28-21(25)15-9-11-16(22)12-10-15/h5-12H,3-4,13H2,1-2H3. The van der Waals surface area contributed by atoms with E-state index in [2.05, 4.69) is 0 Å². The average molecular weight is 417 g/mol. The number of ether oxygens (including phenoxy) is 1. The molecule has 0 N–H and O–H groups in total. The first-order chi connectivity index (χ1) is 13.8. The third-order valence-corrected chi connectivity index (χ3v) is 6.34. The fraction of sp³-hybridized carbons (Fsp3) is 0.238. The van der Waals surface area contributed by atoms with E-state index in [1.165, 1.54) is 31.2 Å². The Morgan fingerprint density at radius 2 is 1.72 bits per heavy atom. The van der Waals surface area contributed by atoms with E-state index in [9.17, 15) is 22.4 Å². The number of fused-ring (bicyclic) bond motifs is 1. The van der Waals surface area contributed by atoms with E-state index >= 15 is 0 Å². The number of nitrogens with zero attached hydrogens (tertiary/aromatic N) is 1. The molecule has 0 saturated carbocycles. The van der Waals surface area contributed by atoms with Crippen LogP contribution in [0.1, 0.15) is 42.6 Å². The predicted octanol–water partition coefficient (Wildman–Crippen LogP) is 3.74. The molecule has 0 atom stereocenters. The Kier molecular flexibility index (Phi) is 5.83. The van der Waals surface area contributed by atoms with Gasteiger partial charge in [0.25, 0.3) is 10.0 Å². The van der Waals surface area contributed by atoms with Crippen molar-refractivity contribution >= 4 is 27.5 Å². The number of hydrogen-bond donors (Lipinski definition) is 0. The molecular weight excluding hydrogens is 397 g/mol. The molecule has 0 bridgehead atoms. The molecule has 0 amide bonds. The number of unbranched alkanes of at least 4 members (excludes halogenated alkanes) is 1. The highest BCUT2D eigenvalue weighted by atomic mass is 32.2. The van der Waals surface area contributed by atoms with E-state index in [4.69, 9.17) is 4.74 Å². The van der Waals surface area contributed by atoms with E-state index in [1.54, 1.807) is 12.1 Å². The van der Waals surface area contributed by atoms with Gasteiger partial charge in [-0.2, -0.15) is 0 Å². The number of ketones is 1. The summed E-state index contributed by atoms with van der Waals surface area (Å²) >= 11 is 0. The molecule has 0 radical (unpaired) electrons. The predicted molar refractivity (Wildman–Crippen MR) is 105 cm³/mol. The molecule has 1 aliphatic rings. The number of esters is 1. The smallest absolute Gasteiger partial charge is 0.343 e. The minimum absolute atomic E-state index is 0.0389. The van der Waals surface area contributed by atoms with Crippen LogP contribution >= 0.6 is 0 Å². The first-order valence-corrected chi connectivity index (χ1v) is 10.6. The van der Waals surface area contributed by atoms with Gasteiger partial charge in [0.1, 0.15) is 11.5 Å². The summed E-state index contributed by atoms with van der Waals surface area (Å²) in [6.45, 7) is 3.21. The molecule has 0 spiro atoms. The molecule has 0 aromatic heterocycles. The summed E-state index contributed by atoms with van der Waals surface area (Å²) < 4.78 is 45.9. The van der Waals surface area contributed by atoms with Gasteiger partial charge >= 0.3 is 5.97 Å². The minimum Gasteiger partial charge on any atom is -0.420 e. The average Bonchev–Trinajstić information content (AvgIpc) is 2.69. The zero-order chi connectivity index (χ0) is 21.2. The molecule has 2 aromatic rings. The minimum atomic E-state index is -3.97. The van der Waals surface area contributed by atoms with Crippen molar-refractivity contribution in [3.8, 4) is 0 Å². The maximum Gasteiger partial charge on any atom is 0.343 e. The fourth-order valence-electron chi connectivity index (χ4n) is 3.07. The van der Waals surface area contributed by atoms with Crippen molar-refractivity contribution in [3.63, 3.8) is 0 Å². The van der Waals surface area contributed by atoms with Crippen LogP contribution in [0.3, 0.4) is 0 Å².